The van der Waals surface area contributed by atoms with E-state index in [0.717, 1.165) is 6.20 Å². The molecule has 3 heteroatoms. The molecule has 0 unspecified atom stereocenters. The predicted molar refractivity (Wildman–Crippen MR) is 39.3 cm³/mol. The van der Waals surface area contributed by atoms with E-state index >= 15 is 0 Å². The molecule has 0 spiro atoms. The summed E-state index contributed by atoms with van der Waals surface area (Å²) in [6, 6.07) is 1.51. The van der Waals surface area contributed by atoms with Crippen molar-refractivity contribution in [2.75, 3.05) is 0 Å². The van der Waals surface area contributed by atoms with Gasteiger partial charge >= 0.3 is 0 Å². The van der Waals surface area contributed by atoms with Gasteiger partial charge in [-0.05, 0) is 11.6 Å². The molecule has 0 aliphatic heterocycles. The zero-order valence-electron chi connectivity index (χ0n) is 5.80. The van der Waals surface area contributed by atoms with Crippen molar-refractivity contribution < 1.29 is 8.78 Å². The summed E-state index contributed by atoms with van der Waals surface area (Å²) in [6.45, 7) is 3.41. The maximum atomic E-state index is 12.1. The normalized spacial score (nSPS) is 10.1. The van der Waals surface area contributed by atoms with E-state index in [-0.39, 0.29) is 5.56 Å². The van der Waals surface area contributed by atoms with E-state index in [4.69, 9.17) is 0 Å². The molecule has 0 aliphatic rings. The second kappa shape index (κ2) is 3.23. The molecule has 0 radical (unpaired) electrons. The number of alkyl halides is 2. The highest BCUT2D eigenvalue weighted by molar-refractivity contribution is 5.50. The van der Waals surface area contributed by atoms with E-state index in [1.807, 2.05) is 0 Å². The van der Waals surface area contributed by atoms with Crippen LogP contribution in [0.1, 0.15) is 17.6 Å². The lowest BCUT2D eigenvalue weighted by Gasteiger charge is -2.01. The lowest BCUT2D eigenvalue weighted by atomic mass is 10.1. The Morgan fingerprint density at radius 1 is 1.55 bits per heavy atom. The van der Waals surface area contributed by atoms with Crippen LogP contribution in [0.4, 0.5) is 8.78 Å². The van der Waals surface area contributed by atoms with Gasteiger partial charge in [-0.1, -0.05) is 12.7 Å². The van der Waals surface area contributed by atoms with Crippen molar-refractivity contribution in [1.29, 1.82) is 0 Å². The minimum absolute atomic E-state index is 0.0671. The Hall–Kier alpha value is -1.25. The van der Waals surface area contributed by atoms with Crippen LogP contribution in [-0.4, -0.2) is 4.98 Å². The van der Waals surface area contributed by atoms with Crippen LogP contribution in [0.2, 0.25) is 0 Å². The molecule has 0 bridgehead atoms. The van der Waals surface area contributed by atoms with Crippen LogP contribution in [0.3, 0.4) is 0 Å². The first-order valence-electron chi connectivity index (χ1n) is 3.10. The minimum Gasteiger partial charge on any atom is -0.264 e. The van der Waals surface area contributed by atoms with Crippen LogP contribution in [0.15, 0.2) is 25.0 Å². The summed E-state index contributed by atoms with van der Waals surface area (Å²) in [5, 5.41) is 0. The third-order valence-electron chi connectivity index (χ3n) is 1.34. The molecule has 11 heavy (non-hydrogen) atoms. The van der Waals surface area contributed by atoms with Crippen molar-refractivity contribution in [3.63, 3.8) is 0 Å². The number of hydrogen-bond acceptors (Lipinski definition) is 1. The van der Waals surface area contributed by atoms with Gasteiger partial charge in [-0.3, -0.25) is 4.98 Å². The maximum absolute atomic E-state index is 12.1. The highest BCUT2D eigenvalue weighted by Gasteiger charge is 2.09. The first kappa shape index (κ1) is 7.85. The Labute approximate surface area is 63.4 Å². The highest BCUT2D eigenvalue weighted by atomic mass is 19.3. The van der Waals surface area contributed by atoms with Crippen molar-refractivity contribution in [3.8, 4) is 0 Å². The smallest absolute Gasteiger partial charge is 0.264 e. The fraction of sp³-hybridized carbons (Fsp3) is 0.125. The Bertz CT molecular complexity index is 258. The molecule has 1 rings (SSSR count). The number of rotatable bonds is 2. The van der Waals surface area contributed by atoms with Gasteiger partial charge in [-0.15, -0.1) is 0 Å². The van der Waals surface area contributed by atoms with Crippen LogP contribution in [0, 0.1) is 0 Å². The monoisotopic (exact) mass is 155 g/mol. The lowest BCUT2D eigenvalue weighted by Crippen LogP contribution is -1.89. The van der Waals surface area contributed by atoms with E-state index in [1.54, 1.807) is 0 Å². The Morgan fingerprint density at radius 3 is 2.73 bits per heavy atom. The second-order valence-corrected chi connectivity index (χ2v) is 2.01. The summed E-state index contributed by atoms with van der Waals surface area (Å²) < 4.78 is 24.3. The molecule has 58 valence electrons. The van der Waals surface area contributed by atoms with Crippen LogP contribution in [0.5, 0.6) is 0 Å². The first-order chi connectivity index (χ1) is 5.25. The third kappa shape index (κ3) is 1.61. The highest BCUT2D eigenvalue weighted by Crippen LogP contribution is 2.21. The number of halogens is 2. The second-order valence-electron chi connectivity index (χ2n) is 2.01. The van der Waals surface area contributed by atoms with E-state index in [2.05, 4.69) is 11.6 Å². The molecule has 0 saturated carbocycles. The zero-order valence-corrected chi connectivity index (χ0v) is 5.80. The number of hydrogen-bond donors (Lipinski definition) is 0. The van der Waals surface area contributed by atoms with Crippen LogP contribution in [0.25, 0.3) is 6.08 Å². The van der Waals surface area contributed by atoms with Crippen molar-refractivity contribution in [2.45, 2.75) is 6.43 Å². The van der Waals surface area contributed by atoms with E-state index < -0.39 is 6.43 Å². The molecule has 0 N–H and O–H groups in total. The van der Waals surface area contributed by atoms with E-state index in [1.165, 1.54) is 18.3 Å². The first-order valence-corrected chi connectivity index (χ1v) is 3.10. The van der Waals surface area contributed by atoms with Gasteiger partial charge in [0.05, 0.1) is 0 Å². The van der Waals surface area contributed by atoms with E-state index in [9.17, 15) is 8.78 Å². The molecule has 0 aromatic carbocycles. The largest absolute Gasteiger partial charge is 0.265 e. The van der Waals surface area contributed by atoms with Crippen molar-refractivity contribution in [1.82, 2.24) is 4.98 Å². The lowest BCUT2D eigenvalue weighted by molar-refractivity contribution is 0.150. The minimum atomic E-state index is -2.48. The van der Waals surface area contributed by atoms with Crippen LogP contribution < -0.4 is 0 Å². The summed E-state index contributed by atoms with van der Waals surface area (Å²) in [5.74, 6) is 0. The molecular weight excluding hydrogens is 148 g/mol. The molecule has 0 saturated heterocycles. The molecule has 0 fully saturated rings. The summed E-state index contributed by atoms with van der Waals surface area (Å²) in [6.07, 6.45) is 1.53. The predicted octanol–water partition coefficient (Wildman–Crippen LogP) is 2.66. The fourth-order valence-electron chi connectivity index (χ4n) is 0.786. The quantitative estimate of drug-likeness (QED) is 0.639. The van der Waals surface area contributed by atoms with E-state index in [0.29, 0.717) is 5.56 Å². The third-order valence-corrected chi connectivity index (χ3v) is 1.34. The molecule has 1 heterocycles. The molecule has 0 aliphatic carbocycles. The van der Waals surface area contributed by atoms with Crippen LogP contribution >= 0.6 is 0 Å². The molecule has 1 nitrogen and oxygen atoms in total. The molecular formula is C8H7F2N. The van der Waals surface area contributed by atoms with Gasteiger partial charge < -0.3 is 0 Å². The van der Waals surface area contributed by atoms with Gasteiger partial charge in [0.2, 0.25) is 0 Å². The molecule has 1 aromatic heterocycles. The van der Waals surface area contributed by atoms with Gasteiger partial charge in [0.15, 0.2) is 0 Å². The van der Waals surface area contributed by atoms with Gasteiger partial charge in [-0.25, -0.2) is 8.78 Å². The Kier molecular flexibility index (Phi) is 2.31. The summed E-state index contributed by atoms with van der Waals surface area (Å²) in [5.41, 5.74) is 0.373. The van der Waals surface area contributed by atoms with Gasteiger partial charge in [0, 0.05) is 18.0 Å². The Balaban J connectivity index is 3.12. The number of aromatic nitrogens is 1. The van der Waals surface area contributed by atoms with Gasteiger partial charge in [0.25, 0.3) is 6.43 Å². The van der Waals surface area contributed by atoms with Crippen molar-refractivity contribution in [2.24, 2.45) is 0 Å². The Morgan fingerprint density at radius 2 is 2.27 bits per heavy atom. The number of pyridine rings is 1. The molecule has 0 amide bonds. The number of nitrogens with zero attached hydrogens (tertiary/aromatic N) is 1. The standard InChI is InChI=1S/C8H7F2N/c1-2-6-3-4-11-5-7(6)8(9)10/h2-5,8H,1H2. The topological polar surface area (TPSA) is 12.9 Å². The zero-order chi connectivity index (χ0) is 8.27. The average Bonchev–Trinajstić information content (AvgIpc) is 2.04. The maximum Gasteiger partial charge on any atom is 0.265 e. The summed E-state index contributed by atoms with van der Waals surface area (Å²) in [4.78, 5) is 3.59. The van der Waals surface area contributed by atoms with Gasteiger partial charge in [0.1, 0.15) is 0 Å². The van der Waals surface area contributed by atoms with Crippen molar-refractivity contribution in [3.05, 3.63) is 36.2 Å². The van der Waals surface area contributed by atoms with Crippen LogP contribution in [-0.2, 0) is 0 Å². The van der Waals surface area contributed by atoms with Crippen molar-refractivity contribution >= 4 is 6.08 Å². The SMILES string of the molecule is C=Cc1ccncc1C(F)F. The molecule has 1 aromatic rings. The summed E-state index contributed by atoms with van der Waals surface area (Å²) in [7, 11) is 0. The molecule has 0 atom stereocenters. The van der Waals surface area contributed by atoms with Gasteiger partial charge in [-0.2, -0.15) is 0 Å². The summed E-state index contributed by atoms with van der Waals surface area (Å²) >= 11 is 0. The fourth-order valence-corrected chi connectivity index (χ4v) is 0.786. The average molecular weight is 155 g/mol.